The van der Waals surface area contributed by atoms with E-state index in [0.717, 1.165) is 26.2 Å². The molecule has 0 radical (unpaired) electrons. The summed E-state index contributed by atoms with van der Waals surface area (Å²) in [5.74, 6) is -0.950. The van der Waals surface area contributed by atoms with E-state index in [2.05, 4.69) is 16.8 Å². The molecule has 0 saturated carbocycles. The van der Waals surface area contributed by atoms with Crippen LogP contribution in [0.5, 0.6) is 0 Å². The summed E-state index contributed by atoms with van der Waals surface area (Å²) < 4.78 is 0. The number of aliphatic carboxylic acids is 1. The minimum atomic E-state index is -0.950. The fourth-order valence-electron chi connectivity index (χ4n) is 1.32. The van der Waals surface area contributed by atoms with Crippen molar-refractivity contribution in [2.24, 2.45) is 0 Å². The minimum absolute atomic E-state index is 0.156. The van der Waals surface area contributed by atoms with Gasteiger partial charge in [-0.25, -0.2) is 0 Å². The van der Waals surface area contributed by atoms with Crippen LogP contribution in [0.25, 0.3) is 0 Å². The van der Waals surface area contributed by atoms with Gasteiger partial charge >= 0.3 is 0 Å². The molecule has 0 aromatic rings. The van der Waals surface area contributed by atoms with E-state index in [1.54, 1.807) is 0 Å². The molecule has 1 heterocycles. The molecule has 1 fully saturated rings. The smallest absolute Gasteiger partial charge is 0.0427 e. The van der Waals surface area contributed by atoms with Crippen LogP contribution in [0.3, 0.4) is 0 Å². The Morgan fingerprint density at radius 1 is 1.33 bits per heavy atom. The maximum atomic E-state index is 10.2. The first-order chi connectivity index (χ1) is 5.68. The summed E-state index contributed by atoms with van der Waals surface area (Å²) in [5, 5.41) is 10.2. The molecule has 1 aliphatic rings. The van der Waals surface area contributed by atoms with E-state index < -0.39 is 5.97 Å². The van der Waals surface area contributed by atoms with Crippen LogP contribution in [0.4, 0.5) is 0 Å². The highest BCUT2D eigenvalue weighted by molar-refractivity contribution is 5.64. The second-order valence-electron chi connectivity index (χ2n) is 3.27. The standard InChI is InChI=1S/C8H16N2O2/c1-9-4-6-10(7-5-9)3-2-8(11)12/h2-7H2,1H3,(H,11,12)/p-1. The van der Waals surface area contributed by atoms with Crippen LogP contribution in [0.15, 0.2) is 0 Å². The number of carbonyl (C=O) groups excluding carboxylic acids is 1. The maximum absolute atomic E-state index is 10.2. The number of hydrogen-bond acceptors (Lipinski definition) is 4. The molecular formula is C8H15N2O2-. The lowest BCUT2D eigenvalue weighted by atomic mass is 10.3. The molecule has 0 aromatic heterocycles. The van der Waals surface area contributed by atoms with Crippen LogP contribution in [0.1, 0.15) is 6.42 Å². The zero-order valence-electron chi connectivity index (χ0n) is 7.45. The van der Waals surface area contributed by atoms with Gasteiger partial charge in [-0.1, -0.05) is 0 Å². The van der Waals surface area contributed by atoms with E-state index in [9.17, 15) is 9.90 Å². The molecule has 0 aromatic carbocycles. The predicted octanol–water partition coefficient (Wildman–Crippen LogP) is -1.63. The molecule has 4 heteroatoms. The summed E-state index contributed by atoms with van der Waals surface area (Å²) in [7, 11) is 2.08. The third-order valence-corrected chi connectivity index (χ3v) is 2.23. The molecule has 0 unspecified atom stereocenters. The van der Waals surface area contributed by atoms with Crippen molar-refractivity contribution in [1.82, 2.24) is 9.80 Å². The van der Waals surface area contributed by atoms with Gasteiger partial charge in [0.1, 0.15) is 0 Å². The van der Waals surface area contributed by atoms with Crippen molar-refractivity contribution in [2.45, 2.75) is 6.42 Å². The Labute approximate surface area is 72.8 Å². The van der Waals surface area contributed by atoms with Gasteiger partial charge in [0, 0.05) is 38.7 Å². The van der Waals surface area contributed by atoms with Crippen molar-refractivity contribution in [3.05, 3.63) is 0 Å². The Bertz CT molecular complexity index is 153. The van der Waals surface area contributed by atoms with Crippen LogP contribution >= 0.6 is 0 Å². The van der Waals surface area contributed by atoms with Crippen LogP contribution < -0.4 is 5.11 Å². The molecule has 1 saturated heterocycles. The Kier molecular flexibility index (Phi) is 3.49. The van der Waals surface area contributed by atoms with Gasteiger partial charge in [0.25, 0.3) is 0 Å². The number of carbonyl (C=O) groups is 1. The van der Waals surface area contributed by atoms with E-state index in [-0.39, 0.29) is 6.42 Å². The molecule has 70 valence electrons. The number of rotatable bonds is 3. The fraction of sp³-hybridized carbons (Fsp3) is 0.875. The highest BCUT2D eigenvalue weighted by atomic mass is 16.4. The highest BCUT2D eigenvalue weighted by Gasteiger charge is 2.12. The molecule has 1 aliphatic heterocycles. The Morgan fingerprint density at radius 2 is 1.92 bits per heavy atom. The van der Waals surface area contributed by atoms with Crippen molar-refractivity contribution in [3.63, 3.8) is 0 Å². The monoisotopic (exact) mass is 171 g/mol. The maximum Gasteiger partial charge on any atom is 0.0427 e. The van der Waals surface area contributed by atoms with Gasteiger partial charge in [0.15, 0.2) is 0 Å². The lowest BCUT2D eigenvalue weighted by Gasteiger charge is -2.32. The zero-order chi connectivity index (χ0) is 8.97. The van der Waals surface area contributed by atoms with Crippen molar-refractivity contribution < 1.29 is 9.90 Å². The predicted molar refractivity (Wildman–Crippen MR) is 43.6 cm³/mol. The summed E-state index contributed by atoms with van der Waals surface area (Å²) in [4.78, 5) is 14.6. The van der Waals surface area contributed by atoms with Crippen LogP contribution in [0, 0.1) is 0 Å². The molecular weight excluding hydrogens is 156 g/mol. The summed E-state index contributed by atoms with van der Waals surface area (Å²) >= 11 is 0. The third-order valence-electron chi connectivity index (χ3n) is 2.23. The number of hydrogen-bond donors (Lipinski definition) is 0. The number of likely N-dealkylation sites (N-methyl/N-ethyl adjacent to an activating group) is 1. The van der Waals surface area contributed by atoms with E-state index >= 15 is 0 Å². The summed E-state index contributed by atoms with van der Waals surface area (Å²) in [5.41, 5.74) is 0. The second kappa shape index (κ2) is 4.42. The lowest BCUT2D eigenvalue weighted by Crippen LogP contribution is -2.45. The van der Waals surface area contributed by atoms with E-state index in [4.69, 9.17) is 0 Å². The van der Waals surface area contributed by atoms with Crippen molar-refractivity contribution >= 4 is 5.97 Å². The average Bonchev–Trinajstić information content (AvgIpc) is 2.03. The molecule has 0 N–H and O–H groups in total. The Hall–Kier alpha value is -0.610. The van der Waals surface area contributed by atoms with Crippen LogP contribution in [-0.2, 0) is 4.79 Å². The van der Waals surface area contributed by atoms with Gasteiger partial charge in [-0.3, -0.25) is 0 Å². The van der Waals surface area contributed by atoms with Crippen molar-refractivity contribution in [1.29, 1.82) is 0 Å². The van der Waals surface area contributed by atoms with E-state index in [0.29, 0.717) is 6.54 Å². The molecule has 0 amide bonds. The Balaban J connectivity index is 2.13. The average molecular weight is 171 g/mol. The van der Waals surface area contributed by atoms with Gasteiger partial charge in [0.05, 0.1) is 0 Å². The molecule has 0 aliphatic carbocycles. The highest BCUT2D eigenvalue weighted by Crippen LogP contribution is 1.99. The fourth-order valence-corrected chi connectivity index (χ4v) is 1.32. The first-order valence-corrected chi connectivity index (χ1v) is 4.29. The van der Waals surface area contributed by atoms with Gasteiger partial charge < -0.3 is 19.7 Å². The second-order valence-corrected chi connectivity index (χ2v) is 3.27. The molecule has 0 bridgehead atoms. The number of carboxylic acid groups (broad SMARTS) is 1. The zero-order valence-corrected chi connectivity index (χ0v) is 7.45. The first-order valence-electron chi connectivity index (χ1n) is 4.29. The normalized spacial score (nSPS) is 21.1. The third kappa shape index (κ3) is 3.19. The quantitative estimate of drug-likeness (QED) is 0.511. The largest absolute Gasteiger partial charge is 0.550 e. The van der Waals surface area contributed by atoms with Crippen molar-refractivity contribution in [2.75, 3.05) is 39.8 Å². The molecule has 1 rings (SSSR count). The molecule has 12 heavy (non-hydrogen) atoms. The lowest BCUT2D eigenvalue weighted by molar-refractivity contribution is -0.305. The summed E-state index contributed by atoms with van der Waals surface area (Å²) in [6.45, 7) is 4.66. The van der Waals surface area contributed by atoms with Crippen LogP contribution in [-0.4, -0.2) is 55.5 Å². The van der Waals surface area contributed by atoms with Gasteiger partial charge in [-0.05, 0) is 13.5 Å². The SMILES string of the molecule is CN1CCN(CCC(=O)[O-])CC1. The van der Waals surface area contributed by atoms with Gasteiger partial charge in [-0.2, -0.15) is 0 Å². The van der Waals surface area contributed by atoms with E-state index in [1.165, 1.54) is 0 Å². The Morgan fingerprint density at radius 3 is 2.42 bits per heavy atom. The minimum Gasteiger partial charge on any atom is -0.550 e. The topological polar surface area (TPSA) is 46.6 Å². The van der Waals surface area contributed by atoms with Gasteiger partial charge in [-0.15, -0.1) is 0 Å². The number of carboxylic acids is 1. The number of nitrogens with zero attached hydrogens (tertiary/aromatic N) is 2. The van der Waals surface area contributed by atoms with Crippen molar-refractivity contribution in [3.8, 4) is 0 Å². The summed E-state index contributed by atoms with van der Waals surface area (Å²) in [6, 6.07) is 0. The van der Waals surface area contributed by atoms with Crippen LogP contribution in [0.2, 0.25) is 0 Å². The molecule has 0 atom stereocenters. The molecule has 0 spiro atoms. The first kappa shape index (κ1) is 9.48. The van der Waals surface area contributed by atoms with Gasteiger partial charge in [0.2, 0.25) is 0 Å². The van der Waals surface area contributed by atoms with E-state index in [1.807, 2.05) is 0 Å². The number of piperazine rings is 1. The summed E-state index contributed by atoms with van der Waals surface area (Å²) in [6.07, 6.45) is 0.156. The molecule has 4 nitrogen and oxygen atoms in total.